The molecule has 0 unspecified atom stereocenters. The maximum absolute atomic E-state index is 12.8. The fourth-order valence-corrected chi connectivity index (χ4v) is 4.11. The maximum Gasteiger partial charge on any atom is 0.416 e. The van der Waals surface area contributed by atoms with Crippen LogP contribution in [0.25, 0.3) is 0 Å². The molecule has 5 nitrogen and oxygen atoms in total. The Kier molecular flexibility index (Phi) is 6.64. The number of aryl methyl sites for hydroxylation is 1. The number of amides is 1. The maximum atomic E-state index is 12.8. The topological polar surface area (TPSA) is 59.8 Å². The number of thioether (sulfide) groups is 1. The van der Waals surface area contributed by atoms with Gasteiger partial charge in [0.1, 0.15) is 5.82 Å². The molecule has 1 aromatic heterocycles. The molecule has 0 saturated heterocycles. The van der Waals surface area contributed by atoms with E-state index >= 15 is 0 Å². The summed E-state index contributed by atoms with van der Waals surface area (Å²) >= 11 is 1.58. The van der Waals surface area contributed by atoms with E-state index in [9.17, 15) is 18.0 Å². The Morgan fingerprint density at radius 2 is 2.04 bits per heavy atom. The van der Waals surface area contributed by atoms with Crippen molar-refractivity contribution in [3.05, 3.63) is 41.2 Å². The van der Waals surface area contributed by atoms with E-state index in [2.05, 4.69) is 20.1 Å². The number of nitrogens with zero attached hydrogens (tertiary/aromatic N) is 3. The van der Waals surface area contributed by atoms with Gasteiger partial charge in [0.2, 0.25) is 0 Å². The lowest BCUT2D eigenvalue weighted by Crippen LogP contribution is -2.25. The highest BCUT2D eigenvalue weighted by atomic mass is 32.2. The first-order chi connectivity index (χ1) is 13.4. The molecule has 1 aliphatic rings. The molecule has 2 aromatic rings. The number of alkyl halides is 3. The Bertz CT molecular complexity index is 816. The molecule has 0 spiro atoms. The fourth-order valence-electron chi connectivity index (χ4n) is 3.53. The zero-order chi connectivity index (χ0) is 20.1. The third-order valence-electron chi connectivity index (χ3n) is 4.92. The minimum Gasteiger partial charge on any atom is -0.352 e. The van der Waals surface area contributed by atoms with Gasteiger partial charge in [-0.3, -0.25) is 4.79 Å². The quantitative estimate of drug-likeness (QED) is 0.538. The number of nitrogens with one attached hydrogen (secondary N) is 1. The minimum absolute atomic E-state index is 0.00798. The summed E-state index contributed by atoms with van der Waals surface area (Å²) < 4.78 is 40.5. The molecule has 28 heavy (non-hydrogen) atoms. The molecule has 1 heterocycles. The van der Waals surface area contributed by atoms with E-state index in [0.29, 0.717) is 25.4 Å². The molecule has 0 atom stereocenters. The van der Waals surface area contributed by atoms with Crippen LogP contribution < -0.4 is 5.32 Å². The van der Waals surface area contributed by atoms with Crippen molar-refractivity contribution in [1.82, 2.24) is 20.1 Å². The minimum atomic E-state index is -4.46. The van der Waals surface area contributed by atoms with Crippen molar-refractivity contribution in [3.63, 3.8) is 0 Å². The van der Waals surface area contributed by atoms with E-state index in [0.717, 1.165) is 36.0 Å². The molecule has 152 valence electrons. The van der Waals surface area contributed by atoms with Gasteiger partial charge in [0.05, 0.1) is 5.56 Å². The van der Waals surface area contributed by atoms with Gasteiger partial charge in [0, 0.05) is 24.6 Å². The van der Waals surface area contributed by atoms with E-state index in [4.69, 9.17) is 0 Å². The van der Waals surface area contributed by atoms with Gasteiger partial charge in [0.15, 0.2) is 5.16 Å². The van der Waals surface area contributed by atoms with Crippen LogP contribution in [0, 0.1) is 0 Å². The highest BCUT2D eigenvalue weighted by Gasteiger charge is 2.30. The summed E-state index contributed by atoms with van der Waals surface area (Å²) in [6.45, 7) is 0.362. The van der Waals surface area contributed by atoms with E-state index in [1.165, 1.54) is 25.0 Å². The van der Waals surface area contributed by atoms with Crippen LogP contribution >= 0.6 is 11.8 Å². The average molecular weight is 412 g/mol. The van der Waals surface area contributed by atoms with E-state index in [1.807, 2.05) is 6.26 Å². The van der Waals surface area contributed by atoms with Gasteiger partial charge in [-0.1, -0.05) is 30.7 Å². The second-order valence-electron chi connectivity index (χ2n) is 6.85. The number of carbonyl (C=O) groups is 1. The monoisotopic (exact) mass is 412 g/mol. The van der Waals surface area contributed by atoms with E-state index < -0.39 is 17.6 Å². The highest BCUT2D eigenvalue weighted by Crippen LogP contribution is 2.33. The average Bonchev–Trinajstić information content (AvgIpc) is 3.33. The van der Waals surface area contributed by atoms with Gasteiger partial charge in [-0.2, -0.15) is 13.2 Å². The Hall–Kier alpha value is -2.03. The molecule has 1 N–H and O–H groups in total. The molecule has 1 amide bonds. The summed E-state index contributed by atoms with van der Waals surface area (Å²) in [6.07, 6.45) is 3.50. The third-order valence-corrected chi connectivity index (χ3v) is 5.57. The van der Waals surface area contributed by atoms with Crippen molar-refractivity contribution in [1.29, 1.82) is 0 Å². The van der Waals surface area contributed by atoms with Crippen LogP contribution in [-0.2, 0) is 12.6 Å². The summed E-state index contributed by atoms with van der Waals surface area (Å²) in [5.41, 5.74) is -0.817. The van der Waals surface area contributed by atoms with Crippen molar-refractivity contribution in [2.75, 3.05) is 12.8 Å². The number of carbonyl (C=O) groups excluding carboxylic acids is 1. The van der Waals surface area contributed by atoms with Crippen molar-refractivity contribution in [2.24, 2.45) is 0 Å². The zero-order valence-electron chi connectivity index (χ0n) is 15.6. The van der Waals surface area contributed by atoms with Crippen LogP contribution in [-0.4, -0.2) is 33.5 Å². The van der Waals surface area contributed by atoms with Gasteiger partial charge in [-0.25, -0.2) is 0 Å². The first-order valence-corrected chi connectivity index (χ1v) is 10.6. The van der Waals surface area contributed by atoms with Gasteiger partial charge in [-0.15, -0.1) is 10.2 Å². The normalized spacial score (nSPS) is 15.1. The Balaban J connectivity index is 1.55. The SMILES string of the molecule is CSc1nnc(CCCNC(=O)c2cccc(C(F)(F)F)c2)n1C1CCCC1. The van der Waals surface area contributed by atoms with Crippen LogP contribution in [0.5, 0.6) is 0 Å². The lowest BCUT2D eigenvalue weighted by Gasteiger charge is -2.16. The van der Waals surface area contributed by atoms with Gasteiger partial charge in [0.25, 0.3) is 5.91 Å². The molecule has 1 aromatic carbocycles. The molecular weight excluding hydrogens is 389 g/mol. The van der Waals surface area contributed by atoms with Crippen LogP contribution in [0.2, 0.25) is 0 Å². The summed E-state index contributed by atoms with van der Waals surface area (Å²) in [7, 11) is 0. The lowest BCUT2D eigenvalue weighted by molar-refractivity contribution is -0.137. The van der Waals surface area contributed by atoms with Gasteiger partial charge >= 0.3 is 6.18 Å². The standard InChI is InChI=1S/C19H23F3N4OS/c1-28-18-25-24-16(26(18)15-8-2-3-9-15)10-5-11-23-17(27)13-6-4-7-14(12-13)19(20,21)22/h4,6-7,12,15H,2-3,5,8-11H2,1H3,(H,23,27). The third kappa shape index (κ3) is 4.87. The van der Waals surface area contributed by atoms with Crippen molar-refractivity contribution in [3.8, 4) is 0 Å². The zero-order valence-corrected chi connectivity index (χ0v) is 16.4. The predicted octanol–water partition coefficient (Wildman–Crippen LogP) is 4.50. The van der Waals surface area contributed by atoms with Crippen LogP contribution in [0.1, 0.15) is 59.9 Å². The molecule has 0 bridgehead atoms. The Morgan fingerprint density at radius 1 is 1.29 bits per heavy atom. The number of hydrogen-bond acceptors (Lipinski definition) is 4. The van der Waals surface area contributed by atoms with Crippen LogP contribution in [0.4, 0.5) is 13.2 Å². The molecule has 1 aliphatic carbocycles. The molecule has 1 saturated carbocycles. The molecule has 3 rings (SSSR count). The summed E-state index contributed by atoms with van der Waals surface area (Å²) in [5, 5.41) is 12.2. The van der Waals surface area contributed by atoms with Crippen LogP contribution in [0.15, 0.2) is 29.4 Å². The highest BCUT2D eigenvalue weighted by molar-refractivity contribution is 7.98. The van der Waals surface area contributed by atoms with Crippen molar-refractivity contribution in [2.45, 2.75) is 55.9 Å². The van der Waals surface area contributed by atoms with Crippen LogP contribution in [0.3, 0.4) is 0 Å². The molecule has 0 radical (unpaired) electrons. The number of halogens is 3. The summed E-state index contributed by atoms with van der Waals surface area (Å²) in [4.78, 5) is 12.1. The molecule has 1 fully saturated rings. The first-order valence-electron chi connectivity index (χ1n) is 9.33. The lowest BCUT2D eigenvalue weighted by atomic mass is 10.1. The second kappa shape index (κ2) is 8.98. The Morgan fingerprint density at radius 3 is 2.71 bits per heavy atom. The fraction of sp³-hybridized carbons (Fsp3) is 0.526. The van der Waals surface area contributed by atoms with Crippen molar-refractivity contribution >= 4 is 17.7 Å². The second-order valence-corrected chi connectivity index (χ2v) is 7.62. The predicted molar refractivity (Wildman–Crippen MR) is 101 cm³/mol. The number of benzene rings is 1. The van der Waals surface area contributed by atoms with Crippen molar-refractivity contribution < 1.29 is 18.0 Å². The number of hydrogen-bond donors (Lipinski definition) is 1. The van der Waals surface area contributed by atoms with E-state index in [1.54, 1.807) is 11.8 Å². The summed E-state index contributed by atoms with van der Waals surface area (Å²) in [6, 6.07) is 4.89. The molecule has 9 heteroatoms. The molecular formula is C19H23F3N4OS. The summed E-state index contributed by atoms with van der Waals surface area (Å²) in [5.74, 6) is 0.401. The number of aromatic nitrogens is 3. The first kappa shape index (κ1) is 20.7. The van der Waals surface area contributed by atoms with E-state index in [-0.39, 0.29) is 5.56 Å². The largest absolute Gasteiger partial charge is 0.416 e. The Labute approximate surface area is 166 Å². The van der Waals surface area contributed by atoms with Gasteiger partial charge < -0.3 is 9.88 Å². The smallest absolute Gasteiger partial charge is 0.352 e. The number of rotatable bonds is 7. The molecule has 0 aliphatic heterocycles. The van der Waals surface area contributed by atoms with Gasteiger partial charge in [-0.05, 0) is 43.7 Å².